The Balaban J connectivity index is 4.82. The molecule has 8 nitrogen and oxygen atoms in total. The molecule has 0 rings (SSSR count). The molecule has 1 N–H and O–H groups in total. The minimum atomic E-state index is -3.54. The van der Waals surface area contributed by atoms with Crippen LogP contribution >= 0.6 is 0 Å². The molecule has 0 aromatic rings. The van der Waals surface area contributed by atoms with Crippen molar-refractivity contribution in [3.63, 3.8) is 0 Å². The first kappa shape index (κ1) is 31.7. The normalized spacial score (nSPS) is 14.9. The van der Waals surface area contributed by atoms with Gasteiger partial charge in [-0.1, -0.05) is 27.7 Å². The molecule has 0 fully saturated rings. The maximum absolute atomic E-state index is 13.0. The van der Waals surface area contributed by atoms with Crippen molar-refractivity contribution in [2.75, 3.05) is 58.2 Å². The van der Waals surface area contributed by atoms with Gasteiger partial charge in [-0.15, -0.1) is 0 Å². The first-order chi connectivity index (χ1) is 14.0. The molecule has 194 valence electrons. The fraction of sp³-hybridized carbons (Fsp3) is 1.00. The molecule has 0 saturated carbocycles. The van der Waals surface area contributed by atoms with Crippen molar-refractivity contribution in [1.29, 1.82) is 0 Å². The number of ether oxygens (including phenoxy) is 2. The van der Waals surface area contributed by atoms with Crippen LogP contribution in [0.3, 0.4) is 0 Å². The molecule has 0 heterocycles. The van der Waals surface area contributed by atoms with E-state index >= 15 is 0 Å². The standard InChI is InChI=1S/C22H48N2O6S2/c1-19(2,15-29-16-20(3,4)17-31(11,25)26)14-24(10)32(27,28)18-22(7,8)30-13-12-21(5,6)23-9/h23H,12-18H2,1-11H3. The van der Waals surface area contributed by atoms with Gasteiger partial charge in [0.15, 0.2) is 0 Å². The van der Waals surface area contributed by atoms with E-state index in [0.717, 1.165) is 6.42 Å². The number of nitrogens with zero attached hydrogens (tertiary/aromatic N) is 1. The van der Waals surface area contributed by atoms with Gasteiger partial charge in [0.1, 0.15) is 9.84 Å². The molecule has 0 saturated heterocycles. The average molecular weight is 501 g/mol. The predicted molar refractivity (Wildman–Crippen MR) is 132 cm³/mol. The maximum atomic E-state index is 13.0. The fourth-order valence-electron chi connectivity index (χ4n) is 3.40. The molecule has 10 heteroatoms. The van der Waals surface area contributed by atoms with Crippen LogP contribution in [-0.2, 0) is 29.3 Å². The third-order valence-corrected chi connectivity index (χ3v) is 8.64. The van der Waals surface area contributed by atoms with Gasteiger partial charge >= 0.3 is 0 Å². The summed E-state index contributed by atoms with van der Waals surface area (Å²) in [5.41, 5.74) is -1.84. The summed E-state index contributed by atoms with van der Waals surface area (Å²) in [6.45, 7) is 16.6. The smallest absolute Gasteiger partial charge is 0.216 e. The molecule has 0 amide bonds. The zero-order valence-electron chi connectivity index (χ0n) is 22.2. The Morgan fingerprint density at radius 2 is 1.34 bits per heavy atom. The van der Waals surface area contributed by atoms with Gasteiger partial charge in [0.25, 0.3) is 0 Å². The monoisotopic (exact) mass is 500 g/mol. The molecule has 0 atom stereocenters. The maximum Gasteiger partial charge on any atom is 0.216 e. The van der Waals surface area contributed by atoms with Gasteiger partial charge in [0.2, 0.25) is 10.0 Å². The van der Waals surface area contributed by atoms with Crippen molar-refractivity contribution < 1.29 is 26.3 Å². The van der Waals surface area contributed by atoms with Gasteiger partial charge < -0.3 is 14.8 Å². The highest BCUT2D eigenvalue weighted by atomic mass is 32.2. The highest BCUT2D eigenvalue weighted by Crippen LogP contribution is 2.24. The topological polar surface area (TPSA) is 102 Å². The number of rotatable bonds is 16. The lowest BCUT2D eigenvalue weighted by molar-refractivity contribution is -0.00965. The van der Waals surface area contributed by atoms with Crippen LogP contribution in [0.2, 0.25) is 0 Å². The van der Waals surface area contributed by atoms with E-state index in [2.05, 4.69) is 19.2 Å². The molecule has 0 unspecified atom stereocenters. The minimum absolute atomic E-state index is 0.0370. The van der Waals surface area contributed by atoms with Crippen LogP contribution in [-0.4, -0.2) is 90.5 Å². The van der Waals surface area contributed by atoms with E-state index in [0.29, 0.717) is 13.2 Å². The van der Waals surface area contributed by atoms with Gasteiger partial charge in [-0.25, -0.2) is 21.1 Å². The van der Waals surface area contributed by atoms with Crippen molar-refractivity contribution >= 4 is 19.9 Å². The van der Waals surface area contributed by atoms with E-state index in [-0.39, 0.29) is 30.2 Å². The SMILES string of the molecule is CNC(C)(C)CCOC(C)(C)CS(=O)(=O)N(C)CC(C)(C)COCC(C)(C)CS(C)(=O)=O. The predicted octanol–water partition coefficient (Wildman–Crippen LogP) is 2.54. The van der Waals surface area contributed by atoms with Crippen LogP contribution in [0.15, 0.2) is 0 Å². The Bertz CT molecular complexity index is 787. The number of sulfone groups is 1. The highest BCUT2D eigenvalue weighted by Gasteiger charge is 2.34. The Morgan fingerprint density at radius 1 is 0.844 bits per heavy atom. The van der Waals surface area contributed by atoms with E-state index < -0.39 is 36.3 Å². The third-order valence-electron chi connectivity index (χ3n) is 5.19. The summed E-state index contributed by atoms with van der Waals surface area (Å²) >= 11 is 0. The van der Waals surface area contributed by atoms with Crippen LogP contribution < -0.4 is 5.32 Å². The summed E-state index contributed by atoms with van der Waals surface area (Å²) in [5.74, 6) is -0.0793. The zero-order chi connectivity index (χ0) is 25.6. The van der Waals surface area contributed by atoms with Crippen LogP contribution in [0.5, 0.6) is 0 Å². The van der Waals surface area contributed by atoms with E-state index in [9.17, 15) is 16.8 Å². The van der Waals surface area contributed by atoms with E-state index in [1.54, 1.807) is 20.9 Å². The minimum Gasteiger partial charge on any atom is -0.380 e. The molecule has 0 aromatic heterocycles. The number of hydrogen-bond donors (Lipinski definition) is 1. The van der Waals surface area contributed by atoms with Gasteiger partial charge in [-0.05, 0) is 41.2 Å². The lowest BCUT2D eigenvalue weighted by atomic mass is 9.94. The number of hydrogen-bond acceptors (Lipinski definition) is 7. The molecule has 0 spiro atoms. The van der Waals surface area contributed by atoms with Crippen LogP contribution in [0.1, 0.15) is 61.8 Å². The van der Waals surface area contributed by atoms with Gasteiger partial charge in [-0.2, -0.15) is 0 Å². The summed E-state index contributed by atoms with van der Waals surface area (Å²) < 4.78 is 62.1. The first-order valence-electron chi connectivity index (χ1n) is 11.0. The molecule has 32 heavy (non-hydrogen) atoms. The molecule has 0 aromatic carbocycles. The Kier molecular flexibility index (Phi) is 11.4. The number of nitrogens with one attached hydrogen (secondary N) is 1. The Labute approximate surface area is 197 Å². The summed E-state index contributed by atoms with van der Waals surface area (Å²) in [6, 6.07) is 0. The van der Waals surface area contributed by atoms with Crippen LogP contribution in [0.4, 0.5) is 0 Å². The van der Waals surface area contributed by atoms with Crippen LogP contribution in [0, 0.1) is 10.8 Å². The molecule has 0 bridgehead atoms. The Morgan fingerprint density at radius 3 is 1.81 bits per heavy atom. The summed E-state index contributed by atoms with van der Waals surface area (Å²) in [4.78, 5) is 0. The van der Waals surface area contributed by atoms with Crippen molar-refractivity contribution in [2.24, 2.45) is 10.8 Å². The summed E-state index contributed by atoms with van der Waals surface area (Å²) in [6.07, 6.45) is 1.98. The lowest BCUT2D eigenvalue weighted by Gasteiger charge is -2.34. The van der Waals surface area contributed by atoms with Crippen molar-refractivity contribution in [1.82, 2.24) is 9.62 Å². The van der Waals surface area contributed by atoms with Gasteiger partial charge in [0.05, 0.1) is 30.3 Å². The van der Waals surface area contributed by atoms with Crippen molar-refractivity contribution in [3.8, 4) is 0 Å². The van der Waals surface area contributed by atoms with Crippen molar-refractivity contribution in [3.05, 3.63) is 0 Å². The van der Waals surface area contributed by atoms with Gasteiger partial charge in [-0.3, -0.25) is 0 Å². The molecule has 0 aliphatic carbocycles. The van der Waals surface area contributed by atoms with E-state index in [4.69, 9.17) is 9.47 Å². The fourth-order valence-corrected chi connectivity index (χ4v) is 6.63. The third kappa shape index (κ3) is 14.1. The van der Waals surface area contributed by atoms with E-state index in [1.165, 1.54) is 10.6 Å². The number of sulfonamides is 1. The highest BCUT2D eigenvalue weighted by molar-refractivity contribution is 7.90. The lowest BCUT2D eigenvalue weighted by Crippen LogP contribution is -2.45. The molecular weight excluding hydrogens is 452 g/mol. The Hall–Kier alpha value is -0.260. The largest absolute Gasteiger partial charge is 0.380 e. The first-order valence-corrected chi connectivity index (χ1v) is 14.7. The second kappa shape index (κ2) is 11.4. The molecule has 0 aliphatic rings. The van der Waals surface area contributed by atoms with Crippen LogP contribution in [0.25, 0.3) is 0 Å². The summed E-state index contributed by atoms with van der Waals surface area (Å²) in [7, 11) is -3.18. The molecule has 0 radical (unpaired) electrons. The van der Waals surface area contributed by atoms with Crippen molar-refractivity contribution in [2.45, 2.75) is 73.0 Å². The molecular formula is C22H48N2O6S2. The zero-order valence-corrected chi connectivity index (χ0v) is 23.8. The van der Waals surface area contributed by atoms with E-state index in [1.807, 2.05) is 34.7 Å². The quantitative estimate of drug-likeness (QED) is 0.347. The van der Waals surface area contributed by atoms with Gasteiger partial charge in [0, 0.05) is 42.8 Å². The molecule has 0 aliphatic heterocycles. The summed E-state index contributed by atoms with van der Waals surface area (Å²) in [5, 5.41) is 3.21. The average Bonchev–Trinajstić information content (AvgIpc) is 2.49. The second-order valence-corrected chi connectivity index (χ2v) is 16.1. The second-order valence-electron chi connectivity index (χ2n) is 11.9.